The van der Waals surface area contributed by atoms with Crippen molar-refractivity contribution in [2.75, 3.05) is 18.0 Å². The van der Waals surface area contributed by atoms with E-state index in [0.717, 1.165) is 23.4 Å². The van der Waals surface area contributed by atoms with Crippen LogP contribution in [0.25, 0.3) is 10.9 Å². The minimum Gasteiger partial charge on any atom is -0.440 e. The zero-order chi connectivity index (χ0) is 20.5. The van der Waals surface area contributed by atoms with Crippen molar-refractivity contribution in [3.63, 3.8) is 0 Å². The van der Waals surface area contributed by atoms with Gasteiger partial charge in [-0.2, -0.15) is 9.78 Å². The van der Waals surface area contributed by atoms with Crippen LogP contribution in [0.5, 0.6) is 0 Å². The van der Waals surface area contributed by atoms with Crippen LogP contribution >= 0.6 is 15.9 Å². The summed E-state index contributed by atoms with van der Waals surface area (Å²) in [6.45, 7) is 11.9. The van der Waals surface area contributed by atoms with Gasteiger partial charge in [-0.3, -0.25) is 4.79 Å². The lowest BCUT2D eigenvalue weighted by molar-refractivity contribution is 0.504. The van der Waals surface area contributed by atoms with Crippen LogP contribution < -0.4 is 10.5 Å². The lowest BCUT2D eigenvalue weighted by atomic mass is 9.95. The first-order chi connectivity index (χ1) is 13.2. The molecule has 0 N–H and O–H groups in total. The fraction of sp³-hybridized carbons (Fsp3) is 0.381. The van der Waals surface area contributed by atoms with Gasteiger partial charge in [0.2, 0.25) is 0 Å². The smallest absolute Gasteiger partial charge is 0.282 e. The highest BCUT2D eigenvalue weighted by Gasteiger charge is 2.23. The molecule has 0 atom stereocenters. The third kappa shape index (κ3) is 4.04. The SMILES string of the molecule is CCN(CC)c1ccc(C=Nn2c(C(C)(C)C)nc3ccc(Br)cc3c2=O)o1. The topological polar surface area (TPSA) is 63.6 Å². The van der Waals surface area contributed by atoms with Crippen LogP contribution in [0.2, 0.25) is 0 Å². The van der Waals surface area contributed by atoms with Crippen molar-refractivity contribution in [2.45, 2.75) is 40.0 Å². The predicted molar refractivity (Wildman–Crippen MR) is 118 cm³/mol. The Balaban J connectivity index is 2.10. The van der Waals surface area contributed by atoms with Gasteiger partial charge in [-0.15, -0.1) is 0 Å². The van der Waals surface area contributed by atoms with E-state index in [0.29, 0.717) is 22.5 Å². The number of hydrogen-bond donors (Lipinski definition) is 0. The molecule has 3 rings (SSSR count). The molecule has 0 bridgehead atoms. The number of fused-ring (bicyclic) bond motifs is 1. The van der Waals surface area contributed by atoms with Gasteiger partial charge in [0.05, 0.1) is 17.1 Å². The van der Waals surface area contributed by atoms with E-state index in [9.17, 15) is 4.79 Å². The zero-order valence-electron chi connectivity index (χ0n) is 16.9. The molecule has 6 nitrogen and oxygen atoms in total. The molecule has 0 saturated heterocycles. The monoisotopic (exact) mass is 444 g/mol. The van der Waals surface area contributed by atoms with E-state index >= 15 is 0 Å². The summed E-state index contributed by atoms with van der Waals surface area (Å²) in [4.78, 5) is 19.9. The first-order valence-corrected chi connectivity index (χ1v) is 10.2. The van der Waals surface area contributed by atoms with Gasteiger partial charge < -0.3 is 9.32 Å². The normalized spacial score (nSPS) is 12.2. The van der Waals surface area contributed by atoms with Crippen LogP contribution in [0.15, 0.2) is 49.1 Å². The van der Waals surface area contributed by atoms with Crippen molar-refractivity contribution in [1.29, 1.82) is 0 Å². The van der Waals surface area contributed by atoms with E-state index in [4.69, 9.17) is 9.40 Å². The number of halogens is 1. The molecular formula is C21H25BrN4O2. The molecule has 0 aliphatic rings. The number of aromatic nitrogens is 2. The Bertz CT molecular complexity index is 1070. The molecule has 7 heteroatoms. The van der Waals surface area contributed by atoms with Gasteiger partial charge in [0.15, 0.2) is 5.88 Å². The molecule has 0 radical (unpaired) electrons. The molecule has 0 unspecified atom stereocenters. The standard InChI is InChI=1S/C21H25BrN4O2/c1-6-25(7-2)18-11-9-15(28-18)13-23-26-19(27)16-12-14(22)8-10-17(16)24-20(26)21(3,4)5/h8-13H,6-7H2,1-5H3. The molecule has 0 aliphatic carbocycles. The van der Waals surface area contributed by atoms with Gasteiger partial charge in [-0.05, 0) is 38.1 Å². The van der Waals surface area contributed by atoms with E-state index in [-0.39, 0.29) is 11.0 Å². The quantitative estimate of drug-likeness (QED) is 0.531. The first kappa shape index (κ1) is 20.3. The molecule has 2 aromatic heterocycles. The first-order valence-electron chi connectivity index (χ1n) is 9.36. The van der Waals surface area contributed by atoms with Crippen LogP contribution in [0.4, 0.5) is 5.88 Å². The average molecular weight is 445 g/mol. The van der Waals surface area contributed by atoms with Crippen LogP contribution in [-0.2, 0) is 5.41 Å². The predicted octanol–water partition coefficient (Wildman–Crippen LogP) is 4.78. The van der Waals surface area contributed by atoms with E-state index < -0.39 is 0 Å². The molecule has 0 fully saturated rings. The number of benzene rings is 1. The second-order valence-corrected chi connectivity index (χ2v) is 8.47. The summed E-state index contributed by atoms with van der Waals surface area (Å²) in [5.74, 6) is 1.97. The van der Waals surface area contributed by atoms with Gasteiger partial charge in [0.1, 0.15) is 11.6 Å². The number of furan rings is 1. The molecular weight excluding hydrogens is 420 g/mol. The maximum absolute atomic E-state index is 13.1. The Kier molecular flexibility index (Phi) is 5.74. The largest absolute Gasteiger partial charge is 0.440 e. The van der Waals surface area contributed by atoms with Crippen molar-refractivity contribution in [3.8, 4) is 0 Å². The molecule has 0 saturated carbocycles. The molecule has 0 aliphatic heterocycles. The summed E-state index contributed by atoms with van der Waals surface area (Å²) in [6, 6.07) is 9.26. The molecule has 2 heterocycles. The number of nitrogens with zero attached hydrogens (tertiary/aromatic N) is 4. The molecule has 28 heavy (non-hydrogen) atoms. The Hall–Kier alpha value is -2.41. The van der Waals surface area contributed by atoms with Gasteiger partial charge in [0, 0.05) is 29.0 Å². The van der Waals surface area contributed by atoms with Crippen molar-refractivity contribution in [1.82, 2.24) is 9.66 Å². The maximum Gasteiger partial charge on any atom is 0.282 e. The minimum absolute atomic E-state index is 0.206. The average Bonchev–Trinajstić information content (AvgIpc) is 3.10. The van der Waals surface area contributed by atoms with Crippen LogP contribution in [0.3, 0.4) is 0 Å². The third-order valence-corrected chi connectivity index (χ3v) is 4.96. The van der Waals surface area contributed by atoms with E-state index in [1.54, 1.807) is 12.3 Å². The zero-order valence-corrected chi connectivity index (χ0v) is 18.4. The summed E-state index contributed by atoms with van der Waals surface area (Å²) < 4.78 is 8.05. The van der Waals surface area contributed by atoms with Crippen molar-refractivity contribution >= 4 is 38.9 Å². The van der Waals surface area contributed by atoms with Gasteiger partial charge in [-0.25, -0.2) is 4.98 Å². The fourth-order valence-electron chi connectivity index (χ4n) is 2.97. The second kappa shape index (κ2) is 7.91. The van der Waals surface area contributed by atoms with E-state index in [2.05, 4.69) is 39.8 Å². The molecule has 3 aromatic rings. The Morgan fingerprint density at radius 3 is 2.57 bits per heavy atom. The number of anilines is 1. The maximum atomic E-state index is 13.1. The second-order valence-electron chi connectivity index (χ2n) is 7.56. The van der Waals surface area contributed by atoms with Crippen molar-refractivity contribution in [2.24, 2.45) is 5.10 Å². The fourth-order valence-corrected chi connectivity index (χ4v) is 3.33. The molecule has 0 spiro atoms. The molecule has 148 valence electrons. The summed E-state index contributed by atoms with van der Waals surface area (Å²) in [5.41, 5.74) is 0.0993. The highest BCUT2D eigenvalue weighted by molar-refractivity contribution is 9.10. The number of hydrogen-bond acceptors (Lipinski definition) is 5. The summed E-state index contributed by atoms with van der Waals surface area (Å²) >= 11 is 3.42. The Morgan fingerprint density at radius 2 is 1.93 bits per heavy atom. The van der Waals surface area contributed by atoms with Crippen LogP contribution in [0, 0.1) is 0 Å². The van der Waals surface area contributed by atoms with Crippen LogP contribution in [-0.4, -0.2) is 29.0 Å². The highest BCUT2D eigenvalue weighted by atomic mass is 79.9. The molecule has 0 amide bonds. The van der Waals surface area contributed by atoms with Gasteiger partial charge >= 0.3 is 0 Å². The van der Waals surface area contributed by atoms with Gasteiger partial charge in [0.25, 0.3) is 5.56 Å². The lowest BCUT2D eigenvalue weighted by Crippen LogP contribution is -2.29. The summed E-state index contributed by atoms with van der Waals surface area (Å²) in [7, 11) is 0. The Morgan fingerprint density at radius 1 is 1.21 bits per heavy atom. The minimum atomic E-state index is -0.354. The summed E-state index contributed by atoms with van der Waals surface area (Å²) in [5, 5.41) is 4.95. The van der Waals surface area contributed by atoms with Crippen molar-refractivity contribution < 1.29 is 4.42 Å². The summed E-state index contributed by atoms with van der Waals surface area (Å²) in [6.07, 6.45) is 1.56. The van der Waals surface area contributed by atoms with E-state index in [1.807, 2.05) is 45.0 Å². The third-order valence-electron chi connectivity index (χ3n) is 4.47. The van der Waals surface area contributed by atoms with E-state index in [1.165, 1.54) is 4.68 Å². The van der Waals surface area contributed by atoms with Crippen molar-refractivity contribution in [3.05, 3.63) is 56.7 Å². The lowest BCUT2D eigenvalue weighted by Gasteiger charge is -2.20. The highest BCUT2D eigenvalue weighted by Crippen LogP contribution is 2.23. The number of rotatable bonds is 5. The Labute approximate surface area is 173 Å². The van der Waals surface area contributed by atoms with Gasteiger partial charge in [-0.1, -0.05) is 36.7 Å². The molecule has 1 aromatic carbocycles. The van der Waals surface area contributed by atoms with Crippen LogP contribution in [0.1, 0.15) is 46.2 Å².